The zero-order valence-corrected chi connectivity index (χ0v) is 12.8. The number of anilines is 1. The van der Waals surface area contributed by atoms with Crippen LogP contribution in [0.1, 0.15) is 27.2 Å². The number of aromatic amines is 1. The fourth-order valence-electron chi connectivity index (χ4n) is 2.15. The highest BCUT2D eigenvalue weighted by Crippen LogP contribution is 2.21. The molecule has 7 nitrogen and oxygen atoms in total. The number of hydrazine groups is 1. The summed E-state index contributed by atoms with van der Waals surface area (Å²) in [7, 11) is 1.88. The van der Waals surface area contributed by atoms with Gasteiger partial charge in [-0.2, -0.15) is 5.10 Å². The van der Waals surface area contributed by atoms with Crippen molar-refractivity contribution < 1.29 is 14.6 Å². The van der Waals surface area contributed by atoms with Crippen LogP contribution in [0.15, 0.2) is 30.6 Å². The lowest BCUT2D eigenvalue weighted by atomic mass is 10.1. The fourth-order valence-corrected chi connectivity index (χ4v) is 2.15. The number of nitrogens with one attached hydrogen (secondary N) is 1. The smallest absolute Gasteiger partial charge is 0.335 e. The highest BCUT2D eigenvalue weighted by Gasteiger charge is 2.15. The number of aromatic carboxylic acids is 1. The number of rotatable bonds is 4. The molecule has 0 saturated heterocycles. The minimum atomic E-state index is -1.000. The number of carboxylic acid groups (broad SMARTS) is 1. The van der Waals surface area contributed by atoms with Crippen LogP contribution in [0.25, 0.3) is 5.70 Å². The summed E-state index contributed by atoms with van der Waals surface area (Å²) in [6.45, 7) is 3.79. The lowest BCUT2D eigenvalue weighted by molar-refractivity contribution is -0.732. The van der Waals surface area contributed by atoms with Crippen molar-refractivity contribution in [1.29, 1.82) is 0 Å². The van der Waals surface area contributed by atoms with E-state index in [1.165, 1.54) is 11.1 Å². The minimum absolute atomic E-state index is 0.173. The van der Waals surface area contributed by atoms with Gasteiger partial charge in [-0.05, 0) is 24.6 Å². The molecule has 7 heteroatoms. The fraction of sp³-hybridized carbons (Fsp3) is 0.200. The predicted molar refractivity (Wildman–Crippen MR) is 83.7 cm³/mol. The molecule has 0 aliphatic rings. The molecule has 2 rings (SSSR count). The highest BCUT2D eigenvalue weighted by atomic mass is 16.4. The van der Waals surface area contributed by atoms with Gasteiger partial charge >= 0.3 is 5.97 Å². The SMILES string of the molecule is Cc1ccc(C(=O)O)cc1N(N)C=C(N)c1c[nH][n+](C)c1C. The number of nitrogens with two attached hydrogens (primary N) is 2. The molecule has 2 aromatic rings. The lowest BCUT2D eigenvalue weighted by Crippen LogP contribution is -2.33. The van der Waals surface area contributed by atoms with Crippen LogP contribution < -0.4 is 21.3 Å². The van der Waals surface area contributed by atoms with Gasteiger partial charge in [0, 0.05) is 13.1 Å². The van der Waals surface area contributed by atoms with Crippen molar-refractivity contribution in [3.8, 4) is 0 Å². The Balaban J connectivity index is 2.37. The minimum Gasteiger partial charge on any atom is -0.478 e. The Morgan fingerprint density at radius 1 is 1.41 bits per heavy atom. The molecule has 1 aromatic carbocycles. The van der Waals surface area contributed by atoms with Gasteiger partial charge in [-0.1, -0.05) is 6.07 Å². The molecule has 0 aliphatic heterocycles. The summed E-state index contributed by atoms with van der Waals surface area (Å²) in [5, 5.41) is 13.4. The molecule has 0 bridgehead atoms. The molecule has 0 saturated carbocycles. The van der Waals surface area contributed by atoms with Gasteiger partial charge < -0.3 is 10.8 Å². The second-order valence-corrected chi connectivity index (χ2v) is 5.13. The van der Waals surface area contributed by atoms with Crippen molar-refractivity contribution in [2.45, 2.75) is 13.8 Å². The van der Waals surface area contributed by atoms with Gasteiger partial charge in [0.15, 0.2) is 7.05 Å². The Hall–Kier alpha value is -2.80. The Morgan fingerprint density at radius 2 is 2.09 bits per heavy atom. The molecular weight excluding hydrogens is 282 g/mol. The molecule has 6 N–H and O–H groups in total. The first kappa shape index (κ1) is 15.6. The van der Waals surface area contributed by atoms with Crippen LogP contribution in [0.3, 0.4) is 0 Å². The Bertz CT molecular complexity index is 748. The molecule has 0 amide bonds. The van der Waals surface area contributed by atoms with Crippen molar-refractivity contribution in [3.63, 3.8) is 0 Å². The third-order valence-corrected chi connectivity index (χ3v) is 3.62. The largest absolute Gasteiger partial charge is 0.478 e. The Morgan fingerprint density at radius 3 is 2.64 bits per heavy atom. The van der Waals surface area contributed by atoms with Crippen LogP contribution in [-0.2, 0) is 7.05 Å². The second-order valence-electron chi connectivity index (χ2n) is 5.13. The first-order chi connectivity index (χ1) is 10.3. The van der Waals surface area contributed by atoms with E-state index in [-0.39, 0.29) is 5.56 Å². The lowest BCUT2D eigenvalue weighted by Gasteiger charge is -2.18. The monoisotopic (exact) mass is 302 g/mol. The number of hydrogen-bond acceptors (Lipinski definition) is 4. The van der Waals surface area contributed by atoms with E-state index in [0.29, 0.717) is 11.4 Å². The number of aryl methyl sites for hydroxylation is 2. The third-order valence-electron chi connectivity index (χ3n) is 3.62. The summed E-state index contributed by atoms with van der Waals surface area (Å²) >= 11 is 0. The van der Waals surface area contributed by atoms with E-state index in [4.69, 9.17) is 16.7 Å². The first-order valence-corrected chi connectivity index (χ1v) is 6.70. The number of carbonyl (C=O) groups is 1. The number of nitrogens with zero attached hydrogens (tertiary/aromatic N) is 2. The standard InChI is InChI=1S/C15H19N5O2/c1-9-4-5-11(15(21)22)6-14(9)20(17)8-13(16)12-7-18-19(3)10(12)2/h4-8H,16-17H2,1-3H3,(H,21,22)/p+1. The summed E-state index contributed by atoms with van der Waals surface area (Å²) in [6.07, 6.45) is 3.36. The molecular formula is C15H20N5O2+. The Labute approximate surface area is 128 Å². The van der Waals surface area contributed by atoms with Gasteiger partial charge in [0.25, 0.3) is 0 Å². The molecule has 0 radical (unpaired) electrons. The summed E-state index contributed by atoms with van der Waals surface area (Å²) < 4.78 is 1.84. The van der Waals surface area contributed by atoms with Gasteiger partial charge in [0.2, 0.25) is 5.69 Å². The van der Waals surface area contributed by atoms with Crippen LogP contribution in [0, 0.1) is 13.8 Å². The molecule has 116 valence electrons. The predicted octanol–water partition coefficient (Wildman–Crippen LogP) is 0.792. The summed E-state index contributed by atoms with van der Waals surface area (Å²) in [4.78, 5) is 11.1. The van der Waals surface area contributed by atoms with E-state index < -0.39 is 5.97 Å². The van der Waals surface area contributed by atoms with Gasteiger partial charge in [0.05, 0.1) is 28.7 Å². The van der Waals surface area contributed by atoms with Crippen molar-refractivity contribution in [2.75, 3.05) is 5.01 Å². The van der Waals surface area contributed by atoms with Crippen LogP contribution in [0.5, 0.6) is 0 Å². The molecule has 1 heterocycles. The maximum absolute atomic E-state index is 11.1. The number of benzene rings is 1. The summed E-state index contributed by atoms with van der Waals surface area (Å²) in [5.74, 6) is 5.03. The van der Waals surface area contributed by atoms with Crippen LogP contribution in [0.4, 0.5) is 5.69 Å². The van der Waals surface area contributed by atoms with Crippen molar-refractivity contribution in [1.82, 2.24) is 5.10 Å². The summed E-state index contributed by atoms with van der Waals surface area (Å²) in [6, 6.07) is 4.77. The average Bonchev–Trinajstić information content (AvgIpc) is 2.79. The maximum Gasteiger partial charge on any atom is 0.335 e. The number of H-pyrrole nitrogens is 1. The van der Waals surface area contributed by atoms with E-state index in [0.717, 1.165) is 16.8 Å². The zero-order chi connectivity index (χ0) is 16.4. The van der Waals surface area contributed by atoms with Crippen LogP contribution in [-0.4, -0.2) is 16.2 Å². The number of hydrogen-bond donors (Lipinski definition) is 4. The quantitative estimate of drug-likeness (QED) is 0.379. The van der Waals surface area contributed by atoms with E-state index in [1.54, 1.807) is 24.5 Å². The average molecular weight is 302 g/mol. The van der Waals surface area contributed by atoms with Gasteiger partial charge in [-0.3, -0.25) is 5.01 Å². The van der Waals surface area contributed by atoms with Gasteiger partial charge in [-0.15, -0.1) is 4.68 Å². The zero-order valence-electron chi connectivity index (χ0n) is 12.8. The molecule has 0 atom stereocenters. The van der Waals surface area contributed by atoms with E-state index in [9.17, 15) is 4.79 Å². The molecule has 0 fully saturated rings. The molecule has 0 unspecified atom stereocenters. The molecule has 0 aliphatic carbocycles. The normalized spacial score (nSPS) is 11.5. The number of carboxylic acids is 1. The highest BCUT2D eigenvalue weighted by molar-refractivity contribution is 5.89. The molecule has 22 heavy (non-hydrogen) atoms. The van der Waals surface area contributed by atoms with Crippen molar-refractivity contribution in [2.24, 2.45) is 18.6 Å². The van der Waals surface area contributed by atoms with Crippen molar-refractivity contribution in [3.05, 3.63) is 53.0 Å². The van der Waals surface area contributed by atoms with Gasteiger partial charge in [0.1, 0.15) is 0 Å². The van der Waals surface area contributed by atoms with Crippen LogP contribution >= 0.6 is 0 Å². The number of aromatic nitrogens is 2. The topological polar surface area (TPSA) is 112 Å². The third kappa shape index (κ3) is 2.94. The molecule has 1 aromatic heterocycles. The van der Waals surface area contributed by atoms with E-state index in [1.807, 2.05) is 25.6 Å². The van der Waals surface area contributed by atoms with Gasteiger partial charge in [-0.25, -0.2) is 10.6 Å². The van der Waals surface area contributed by atoms with E-state index >= 15 is 0 Å². The summed E-state index contributed by atoms with van der Waals surface area (Å²) in [5.41, 5.74) is 9.99. The van der Waals surface area contributed by atoms with Crippen molar-refractivity contribution >= 4 is 17.4 Å². The first-order valence-electron chi connectivity index (χ1n) is 6.70. The second kappa shape index (κ2) is 5.90. The Kier molecular flexibility index (Phi) is 4.18. The maximum atomic E-state index is 11.1. The molecule has 0 spiro atoms. The van der Waals surface area contributed by atoms with Crippen LogP contribution in [0.2, 0.25) is 0 Å². The van der Waals surface area contributed by atoms with E-state index in [2.05, 4.69) is 5.10 Å².